The number of anilines is 1. The molecule has 3 rings (SSSR count). The van der Waals surface area contributed by atoms with E-state index in [1.165, 1.54) is 12.8 Å². The molecule has 1 aromatic rings. The zero-order chi connectivity index (χ0) is 16.1. The third-order valence-corrected chi connectivity index (χ3v) is 4.32. The third-order valence-electron chi connectivity index (χ3n) is 4.32. The van der Waals surface area contributed by atoms with Crippen LogP contribution in [-0.4, -0.2) is 61.7 Å². The predicted octanol–water partition coefficient (Wildman–Crippen LogP) is 1.67. The van der Waals surface area contributed by atoms with Gasteiger partial charge in [-0.25, -0.2) is 9.98 Å². The maximum absolute atomic E-state index is 4.65. The van der Waals surface area contributed by atoms with Crippen molar-refractivity contribution in [1.29, 1.82) is 0 Å². The fraction of sp³-hybridized carbons (Fsp3) is 0.647. The van der Waals surface area contributed by atoms with Gasteiger partial charge in [-0.05, 0) is 38.4 Å². The van der Waals surface area contributed by atoms with Crippen LogP contribution in [0.3, 0.4) is 0 Å². The average molecular weight is 444 g/mol. The van der Waals surface area contributed by atoms with Gasteiger partial charge in [0.15, 0.2) is 5.96 Å². The standard InChI is InChI=1S/C17H28N6.HI/c1-3-18-17(21-15-5-6-15)20-13-14-4-7-16(19-12-14)23-10-8-22(2)9-11-23;/h4,7,12,15H,3,5-6,8-11,13H2,1-2H3,(H2,18,20,21);1H. The SMILES string of the molecule is CCNC(=NCc1ccc(N2CCN(C)CC2)nc1)NC1CC1.I. The van der Waals surface area contributed by atoms with Gasteiger partial charge < -0.3 is 20.4 Å². The topological polar surface area (TPSA) is 55.8 Å². The van der Waals surface area contributed by atoms with E-state index in [2.05, 4.69) is 56.5 Å². The smallest absolute Gasteiger partial charge is 0.191 e. The number of hydrogen-bond acceptors (Lipinski definition) is 4. The lowest BCUT2D eigenvalue weighted by Crippen LogP contribution is -2.44. The highest BCUT2D eigenvalue weighted by Gasteiger charge is 2.22. The van der Waals surface area contributed by atoms with Gasteiger partial charge in [-0.1, -0.05) is 6.07 Å². The highest BCUT2D eigenvalue weighted by molar-refractivity contribution is 14.0. The van der Waals surface area contributed by atoms with Crippen molar-refractivity contribution in [2.75, 3.05) is 44.7 Å². The molecule has 7 heteroatoms. The summed E-state index contributed by atoms with van der Waals surface area (Å²) in [4.78, 5) is 14.0. The number of aromatic nitrogens is 1. The zero-order valence-electron chi connectivity index (χ0n) is 14.7. The van der Waals surface area contributed by atoms with Gasteiger partial charge >= 0.3 is 0 Å². The molecule has 1 aliphatic carbocycles. The van der Waals surface area contributed by atoms with Gasteiger partial charge in [-0.2, -0.15) is 0 Å². The quantitative estimate of drug-likeness (QED) is 0.411. The largest absolute Gasteiger partial charge is 0.357 e. The summed E-state index contributed by atoms with van der Waals surface area (Å²) < 4.78 is 0. The van der Waals surface area contributed by atoms with E-state index in [1.54, 1.807) is 0 Å². The summed E-state index contributed by atoms with van der Waals surface area (Å²) in [5, 5.41) is 6.73. The molecule has 1 saturated heterocycles. The molecule has 24 heavy (non-hydrogen) atoms. The van der Waals surface area contributed by atoms with Crippen LogP contribution >= 0.6 is 24.0 Å². The van der Waals surface area contributed by atoms with Crippen LogP contribution < -0.4 is 15.5 Å². The van der Waals surface area contributed by atoms with E-state index in [9.17, 15) is 0 Å². The van der Waals surface area contributed by atoms with E-state index in [4.69, 9.17) is 0 Å². The van der Waals surface area contributed by atoms with Crippen LogP contribution in [0.2, 0.25) is 0 Å². The lowest BCUT2D eigenvalue weighted by molar-refractivity contribution is 0.312. The summed E-state index contributed by atoms with van der Waals surface area (Å²) in [5.74, 6) is 1.99. The second-order valence-electron chi connectivity index (χ2n) is 6.43. The molecule has 1 aliphatic heterocycles. The van der Waals surface area contributed by atoms with Gasteiger partial charge in [0.05, 0.1) is 6.54 Å². The van der Waals surface area contributed by atoms with Gasteiger partial charge in [0.1, 0.15) is 5.82 Å². The van der Waals surface area contributed by atoms with Gasteiger partial charge in [-0.3, -0.25) is 0 Å². The van der Waals surface area contributed by atoms with Crippen LogP contribution in [0, 0.1) is 0 Å². The summed E-state index contributed by atoms with van der Waals surface area (Å²) in [7, 11) is 2.17. The minimum Gasteiger partial charge on any atom is -0.357 e. The molecule has 1 aromatic heterocycles. The van der Waals surface area contributed by atoms with Crippen molar-refractivity contribution in [3.63, 3.8) is 0 Å². The van der Waals surface area contributed by atoms with E-state index in [-0.39, 0.29) is 24.0 Å². The van der Waals surface area contributed by atoms with E-state index in [1.807, 2.05) is 6.20 Å². The molecule has 134 valence electrons. The molecule has 0 unspecified atom stereocenters. The Morgan fingerprint density at radius 3 is 2.58 bits per heavy atom. The number of halogens is 1. The Morgan fingerprint density at radius 2 is 2.00 bits per heavy atom. The average Bonchev–Trinajstić information content (AvgIpc) is 3.38. The number of hydrogen-bond donors (Lipinski definition) is 2. The molecule has 1 saturated carbocycles. The minimum atomic E-state index is 0. The van der Waals surface area contributed by atoms with Crippen molar-refractivity contribution in [2.45, 2.75) is 32.4 Å². The molecule has 0 aromatic carbocycles. The van der Waals surface area contributed by atoms with E-state index in [0.717, 1.165) is 50.1 Å². The summed E-state index contributed by atoms with van der Waals surface area (Å²) in [6.45, 7) is 7.96. The second-order valence-corrected chi connectivity index (χ2v) is 6.43. The van der Waals surface area contributed by atoms with Gasteiger partial charge in [0, 0.05) is 45.0 Å². The minimum absolute atomic E-state index is 0. The van der Waals surface area contributed by atoms with E-state index >= 15 is 0 Å². The number of rotatable bonds is 5. The van der Waals surface area contributed by atoms with Crippen molar-refractivity contribution >= 4 is 35.8 Å². The summed E-state index contributed by atoms with van der Waals surface area (Å²) >= 11 is 0. The third kappa shape index (κ3) is 5.77. The molecular formula is C17H29IN6. The van der Waals surface area contributed by atoms with Crippen LogP contribution in [0.15, 0.2) is 23.3 Å². The Morgan fingerprint density at radius 1 is 1.25 bits per heavy atom. The fourth-order valence-corrected chi connectivity index (χ4v) is 2.64. The van der Waals surface area contributed by atoms with Crippen molar-refractivity contribution in [3.8, 4) is 0 Å². The molecule has 2 fully saturated rings. The molecule has 0 radical (unpaired) electrons. The molecule has 6 nitrogen and oxygen atoms in total. The van der Waals surface area contributed by atoms with Crippen LogP contribution in [0.25, 0.3) is 0 Å². The summed E-state index contributed by atoms with van der Waals surface area (Å²) in [6.07, 6.45) is 4.47. The zero-order valence-corrected chi connectivity index (χ0v) is 17.0. The molecule has 0 atom stereocenters. The maximum Gasteiger partial charge on any atom is 0.191 e. The second kappa shape index (κ2) is 9.41. The maximum atomic E-state index is 4.65. The molecule has 0 spiro atoms. The van der Waals surface area contributed by atoms with E-state index in [0.29, 0.717) is 12.6 Å². The molecule has 2 heterocycles. The summed E-state index contributed by atoms with van der Waals surface area (Å²) in [6, 6.07) is 4.88. The Labute approximate surface area is 162 Å². The molecule has 2 N–H and O–H groups in total. The van der Waals surface area contributed by atoms with Gasteiger partial charge in [0.2, 0.25) is 0 Å². The molecule has 0 amide bonds. The molecular weight excluding hydrogens is 415 g/mol. The Kier molecular flexibility index (Phi) is 7.54. The van der Waals surface area contributed by atoms with Crippen molar-refractivity contribution in [1.82, 2.24) is 20.5 Å². The monoisotopic (exact) mass is 444 g/mol. The van der Waals surface area contributed by atoms with E-state index < -0.39 is 0 Å². The highest BCUT2D eigenvalue weighted by atomic mass is 127. The summed E-state index contributed by atoms with van der Waals surface area (Å²) in [5.41, 5.74) is 1.15. The number of nitrogens with zero attached hydrogens (tertiary/aromatic N) is 4. The predicted molar refractivity (Wildman–Crippen MR) is 110 cm³/mol. The van der Waals surface area contributed by atoms with Crippen LogP contribution in [0.5, 0.6) is 0 Å². The first kappa shape index (κ1) is 19.2. The Hall–Kier alpha value is -1.09. The van der Waals surface area contributed by atoms with Crippen LogP contribution in [0.1, 0.15) is 25.3 Å². The van der Waals surface area contributed by atoms with Crippen LogP contribution in [0.4, 0.5) is 5.82 Å². The number of nitrogens with one attached hydrogen (secondary N) is 2. The molecule has 2 aliphatic rings. The number of aliphatic imine (C=N–C) groups is 1. The number of pyridine rings is 1. The van der Waals surface area contributed by atoms with Crippen molar-refractivity contribution in [3.05, 3.63) is 23.9 Å². The number of guanidine groups is 1. The Bertz CT molecular complexity index is 520. The first-order chi connectivity index (χ1) is 11.2. The van der Waals surface area contributed by atoms with Gasteiger partial charge in [-0.15, -0.1) is 24.0 Å². The number of piperazine rings is 1. The lowest BCUT2D eigenvalue weighted by Gasteiger charge is -2.33. The normalized spacial score (nSPS) is 18.9. The van der Waals surface area contributed by atoms with Crippen molar-refractivity contribution < 1.29 is 0 Å². The lowest BCUT2D eigenvalue weighted by atomic mass is 10.2. The van der Waals surface area contributed by atoms with Crippen LogP contribution in [-0.2, 0) is 6.54 Å². The Balaban J connectivity index is 0.00000208. The van der Waals surface area contributed by atoms with Crippen molar-refractivity contribution in [2.24, 2.45) is 4.99 Å². The first-order valence-corrected chi connectivity index (χ1v) is 8.68. The van der Waals surface area contributed by atoms with Gasteiger partial charge in [0.25, 0.3) is 0 Å². The number of likely N-dealkylation sites (N-methyl/N-ethyl adjacent to an activating group) is 1. The fourth-order valence-electron chi connectivity index (χ4n) is 2.64. The molecule has 0 bridgehead atoms. The highest BCUT2D eigenvalue weighted by Crippen LogP contribution is 2.18. The first-order valence-electron chi connectivity index (χ1n) is 8.68.